The number of ether oxygens (including phenoxy) is 1. The number of nitrogens with zero attached hydrogens (tertiary/aromatic N) is 2. The summed E-state index contributed by atoms with van der Waals surface area (Å²) >= 11 is 0. The molecule has 14 heavy (non-hydrogen) atoms. The molecule has 2 heterocycles. The normalized spacial score (nSPS) is 27.9. The van der Waals surface area contributed by atoms with Crippen LogP contribution in [0.25, 0.3) is 0 Å². The molecule has 0 spiro atoms. The maximum Gasteiger partial charge on any atom is 0.0955 e. The fourth-order valence-electron chi connectivity index (χ4n) is 1.88. The Balaban J connectivity index is 2.24. The molecule has 4 heteroatoms. The molecule has 2 unspecified atom stereocenters. The van der Waals surface area contributed by atoms with Crippen LogP contribution in [0, 0.1) is 13.8 Å². The van der Waals surface area contributed by atoms with E-state index in [1.54, 1.807) is 0 Å². The average molecular weight is 195 g/mol. The highest BCUT2D eigenvalue weighted by Crippen LogP contribution is 2.21. The van der Waals surface area contributed by atoms with Gasteiger partial charge < -0.3 is 15.0 Å². The van der Waals surface area contributed by atoms with Gasteiger partial charge in [-0.25, -0.2) is 4.98 Å². The van der Waals surface area contributed by atoms with Gasteiger partial charge in [-0.15, -0.1) is 0 Å². The van der Waals surface area contributed by atoms with E-state index < -0.39 is 0 Å². The molecule has 1 fully saturated rings. The van der Waals surface area contributed by atoms with Gasteiger partial charge in [-0.05, 0) is 20.3 Å². The van der Waals surface area contributed by atoms with Crippen molar-refractivity contribution in [2.24, 2.45) is 5.73 Å². The lowest BCUT2D eigenvalue weighted by atomic mass is 10.0. The third-order valence-electron chi connectivity index (χ3n) is 3.02. The molecule has 0 amide bonds. The number of imidazole rings is 1. The lowest BCUT2D eigenvalue weighted by Crippen LogP contribution is -2.40. The first kappa shape index (κ1) is 9.68. The monoisotopic (exact) mass is 195 g/mol. The van der Waals surface area contributed by atoms with Crippen LogP contribution in [0.15, 0.2) is 6.33 Å². The maximum atomic E-state index is 6.06. The standard InChI is InChI=1S/C10H17N3O/c1-7-8(2)13(6-12-7)10-5-14-4-3-9(10)11/h6,9-10H,3-5,11H2,1-2H3. The minimum absolute atomic E-state index is 0.191. The Hall–Kier alpha value is -0.870. The zero-order valence-electron chi connectivity index (χ0n) is 8.73. The van der Waals surface area contributed by atoms with Crippen molar-refractivity contribution in [2.45, 2.75) is 32.4 Å². The number of nitrogens with two attached hydrogens (primary N) is 1. The Labute approximate surface area is 84.1 Å². The zero-order chi connectivity index (χ0) is 10.1. The van der Waals surface area contributed by atoms with Crippen molar-refractivity contribution >= 4 is 0 Å². The van der Waals surface area contributed by atoms with Crippen molar-refractivity contribution in [1.82, 2.24) is 9.55 Å². The van der Waals surface area contributed by atoms with Crippen molar-refractivity contribution in [3.63, 3.8) is 0 Å². The minimum atomic E-state index is 0.191. The van der Waals surface area contributed by atoms with E-state index in [-0.39, 0.29) is 12.1 Å². The van der Waals surface area contributed by atoms with Crippen LogP contribution in [0.1, 0.15) is 23.9 Å². The van der Waals surface area contributed by atoms with Crippen molar-refractivity contribution in [2.75, 3.05) is 13.2 Å². The van der Waals surface area contributed by atoms with Gasteiger partial charge in [-0.1, -0.05) is 0 Å². The predicted octanol–water partition coefficient (Wildman–Crippen LogP) is 0.789. The summed E-state index contributed by atoms with van der Waals surface area (Å²) in [6.45, 7) is 5.58. The second kappa shape index (κ2) is 3.71. The smallest absolute Gasteiger partial charge is 0.0955 e. The van der Waals surface area contributed by atoms with E-state index in [1.807, 2.05) is 13.3 Å². The molecule has 78 valence electrons. The van der Waals surface area contributed by atoms with Crippen molar-refractivity contribution in [1.29, 1.82) is 0 Å². The highest BCUT2D eigenvalue weighted by atomic mass is 16.5. The molecule has 2 atom stereocenters. The third kappa shape index (κ3) is 1.55. The van der Waals surface area contributed by atoms with Gasteiger partial charge in [-0.3, -0.25) is 0 Å². The SMILES string of the molecule is Cc1ncn(C2COCCC2N)c1C. The van der Waals surface area contributed by atoms with E-state index in [2.05, 4.69) is 16.5 Å². The number of aromatic nitrogens is 2. The largest absolute Gasteiger partial charge is 0.379 e. The summed E-state index contributed by atoms with van der Waals surface area (Å²) in [4.78, 5) is 4.28. The summed E-state index contributed by atoms with van der Waals surface area (Å²) in [5.74, 6) is 0. The van der Waals surface area contributed by atoms with E-state index in [9.17, 15) is 0 Å². The summed E-state index contributed by atoms with van der Waals surface area (Å²) in [6.07, 6.45) is 2.80. The van der Waals surface area contributed by atoms with Crippen LogP contribution in [0.4, 0.5) is 0 Å². The maximum absolute atomic E-state index is 6.06. The summed E-state index contributed by atoms with van der Waals surface area (Å²) in [5.41, 5.74) is 8.32. The van der Waals surface area contributed by atoms with Gasteiger partial charge in [0.2, 0.25) is 0 Å². The number of aryl methyl sites for hydroxylation is 1. The van der Waals surface area contributed by atoms with Crippen LogP contribution in [-0.2, 0) is 4.74 Å². The Kier molecular flexibility index (Phi) is 2.56. The van der Waals surface area contributed by atoms with E-state index in [0.29, 0.717) is 6.61 Å². The van der Waals surface area contributed by atoms with Gasteiger partial charge in [0.05, 0.1) is 24.7 Å². The molecule has 1 aromatic rings. The lowest BCUT2D eigenvalue weighted by molar-refractivity contribution is 0.0461. The molecule has 2 rings (SSSR count). The number of hydrogen-bond acceptors (Lipinski definition) is 3. The Bertz CT molecular complexity index is 321. The molecule has 0 aromatic carbocycles. The molecule has 1 aliphatic heterocycles. The topological polar surface area (TPSA) is 53.1 Å². The highest BCUT2D eigenvalue weighted by Gasteiger charge is 2.25. The van der Waals surface area contributed by atoms with Crippen LogP contribution < -0.4 is 5.73 Å². The van der Waals surface area contributed by atoms with Crippen LogP contribution in [0.5, 0.6) is 0 Å². The second-order valence-electron chi connectivity index (χ2n) is 3.92. The average Bonchev–Trinajstić information content (AvgIpc) is 2.49. The quantitative estimate of drug-likeness (QED) is 0.720. The van der Waals surface area contributed by atoms with E-state index in [0.717, 1.165) is 18.7 Å². The summed E-state index contributed by atoms with van der Waals surface area (Å²) in [5, 5.41) is 0. The number of rotatable bonds is 1. The van der Waals surface area contributed by atoms with Crippen molar-refractivity contribution in [3.8, 4) is 0 Å². The lowest BCUT2D eigenvalue weighted by Gasteiger charge is -2.30. The van der Waals surface area contributed by atoms with Crippen molar-refractivity contribution < 1.29 is 4.74 Å². The fraction of sp³-hybridized carbons (Fsp3) is 0.700. The van der Waals surface area contributed by atoms with E-state index >= 15 is 0 Å². The second-order valence-corrected chi connectivity index (χ2v) is 3.92. The summed E-state index contributed by atoms with van der Waals surface area (Å²) < 4.78 is 7.58. The molecule has 1 saturated heterocycles. The molecule has 4 nitrogen and oxygen atoms in total. The van der Waals surface area contributed by atoms with Crippen LogP contribution in [0.2, 0.25) is 0 Å². The number of hydrogen-bond donors (Lipinski definition) is 1. The zero-order valence-corrected chi connectivity index (χ0v) is 8.73. The van der Waals surface area contributed by atoms with Gasteiger partial charge in [0, 0.05) is 18.3 Å². The van der Waals surface area contributed by atoms with Gasteiger partial charge in [-0.2, -0.15) is 0 Å². The minimum Gasteiger partial charge on any atom is -0.379 e. The van der Waals surface area contributed by atoms with Crippen LogP contribution in [0.3, 0.4) is 0 Å². The summed E-state index contributed by atoms with van der Waals surface area (Å²) in [7, 11) is 0. The van der Waals surface area contributed by atoms with E-state index in [1.165, 1.54) is 5.69 Å². The van der Waals surface area contributed by atoms with Crippen molar-refractivity contribution in [3.05, 3.63) is 17.7 Å². The van der Waals surface area contributed by atoms with Gasteiger partial charge >= 0.3 is 0 Å². The van der Waals surface area contributed by atoms with Crippen LogP contribution >= 0.6 is 0 Å². The first-order chi connectivity index (χ1) is 6.70. The molecule has 0 bridgehead atoms. The first-order valence-corrected chi connectivity index (χ1v) is 5.03. The molecular weight excluding hydrogens is 178 g/mol. The van der Waals surface area contributed by atoms with Gasteiger partial charge in [0.1, 0.15) is 0 Å². The van der Waals surface area contributed by atoms with Gasteiger partial charge in [0.15, 0.2) is 0 Å². The Morgan fingerprint density at radius 3 is 2.93 bits per heavy atom. The molecule has 0 radical (unpaired) electrons. The van der Waals surface area contributed by atoms with Gasteiger partial charge in [0.25, 0.3) is 0 Å². The van der Waals surface area contributed by atoms with Crippen LogP contribution in [-0.4, -0.2) is 28.8 Å². The molecule has 0 saturated carbocycles. The molecule has 2 N–H and O–H groups in total. The Morgan fingerprint density at radius 2 is 2.36 bits per heavy atom. The third-order valence-corrected chi connectivity index (χ3v) is 3.02. The Morgan fingerprint density at radius 1 is 1.57 bits per heavy atom. The first-order valence-electron chi connectivity index (χ1n) is 5.03. The highest BCUT2D eigenvalue weighted by molar-refractivity contribution is 5.10. The summed E-state index contributed by atoms with van der Waals surface area (Å²) in [6, 6.07) is 0.445. The fourth-order valence-corrected chi connectivity index (χ4v) is 1.88. The molecule has 1 aromatic heterocycles. The molecule has 0 aliphatic carbocycles. The molecular formula is C10H17N3O. The van der Waals surface area contributed by atoms with E-state index in [4.69, 9.17) is 10.5 Å². The predicted molar refractivity (Wildman–Crippen MR) is 54.1 cm³/mol. The molecule has 1 aliphatic rings.